The van der Waals surface area contributed by atoms with Gasteiger partial charge in [0.1, 0.15) is 0 Å². The van der Waals surface area contributed by atoms with E-state index >= 15 is 0 Å². The molecule has 3 saturated carbocycles. The number of hydrogen-bond acceptors (Lipinski definition) is 0. The van der Waals surface area contributed by atoms with Crippen LogP contribution in [-0.4, -0.2) is 0 Å². The summed E-state index contributed by atoms with van der Waals surface area (Å²) in [7, 11) is 0. The van der Waals surface area contributed by atoms with Gasteiger partial charge in [0.25, 0.3) is 0 Å². The molecule has 3 fully saturated rings. The number of unbranched alkanes of at least 4 members (excludes halogenated alkanes) is 1. The van der Waals surface area contributed by atoms with Crippen LogP contribution in [0.5, 0.6) is 0 Å². The minimum absolute atomic E-state index is 0.0727. The maximum absolute atomic E-state index is 2.78. The van der Waals surface area contributed by atoms with Gasteiger partial charge in [-0.15, -0.1) is 0 Å². The van der Waals surface area contributed by atoms with Crippen LogP contribution < -0.4 is 0 Å². The molecule has 0 heterocycles. The first-order valence-electron chi connectivity index (χ1n) is 22.0. The van der Waals surface area contributed by atoms with Gasteiger partial charge in [0.2, 0.25) is 0 Å². The molecule has 0 aromatic heterocycles. The number of fused-ring (bicyclic) bond motifs is 4. The lowest BCUT2D eigenvalue weighted by Gasteiger charge is -2.50. The van der Waals surface area contributed by atoms with Crippen LogP contribution in [-0.2, 0) is 5.41 Å². The summed E-state index contributed by atoms with van der Waals surface area (Å²) in [5.41, 5.74) is 6.31. The number of rotatable bonds is 10. The van der Waals surface area contributed by atoms with Crippen LogP contribution in [0.1, 0.15) is 110 Å². The minimum atomic E-state index is -0.0727. The number of allylic oxidation sites excluding steroid dienone is 14. The molecule has 284 valence electrons. The molecule has 0 heteroatoms. The van der Waals surface area contributed by atoms with Crippen LogP contribution in [0.25, 0.3) is 0 Å². The average molecular weight is 717 g/mol. The summed E-state index contributed by atoms with van der Waals surface area (Å²) in [6.45, 7) is 14.5. The Kier molecular flexibility index (Phi) is 10.6. The average Bonchev–Trinajstić information content (AvgIpc) is 3.90. The molecule has 0 nitrogen and oxygen atoms in total. The van der Waals surface area contributed by atoms with Crippen LogP contribution in [0.15, 0.2) is 145 Å². The molecule has 0 amide bonds. The van der Waals surface area contributed by atoms with E-state index in [1.807, 2.05) is 0 Å². The third-order valence-corrected chi connectivity index (χ3v) is 15.1. The highest BCUT2D eigenvalue weighted by atomic mass is 14.6. The summed E-state index contributed by atoms with van der Waals surface area (Å²) in [6.07, 6.45) is 42.3. The zero-order chi connectivity index (χ0) is 37.5. The van der Waals surface area contributed by atoms with E-state index < -0.39 is 0 Å². The van der Waals surface area contributed by atoms with Gasteiger partial charge < -0.3 is 0 Å². The lowest BCUT2D eigenvalue weighted by molar-refractivity contribution is 0.153. The third-order valence-electron chi connectivity index (χ3n) is 15.1. The first kappa shape index (κ1) is 37.5. The Hall–Kier alpha value is -3.38. The Morgan fingerprint density at radius 2 is 1.19 bits per heavy atom. The van der Waals surface area contributed by atoms with Crippen LogP contribution >= 0.6 is 0 Å². The predicted octanol–water partition coefficient (Wildman–Crippen LogP) is 14.5. The SMILES string of the molecule is CC(C)(C)C1=CC2C(C=C1)C1C=CC(C(C)(C)C)=CC1C2C(c1ccccc1)(c1ccccc1)C1CCC(CCC/C=C/CC2CCC3C=CC=CC32)C1. The van der Waals surface area contributed by atoms with Crippen molar-refractivity contribution in [2.24, 2.45) is 70.0 Å². The number of hydrogen-bond donors (Lipinski definition) is 0. The van der Waals surface area contributed by atoms with E-state index in [-0.39, 0.29) is 16.2 Å². The molecule has 0 radical (unpaired) electrons. The minimum Gasteiger partial charge on any atom is -0.0885 e. The molecule has 0 spiro atoms. The monoisotopic (exact) mass is 717 g/mol. The van der Waals surface area contributed by atoms with Crippen molar-refractivity contribution in [3.63, 3.8) is 0 Å². The van der Waals surface area contributed by atoms with Crippen molar-refractivity contribution in [1.29, 1.82) is 0 Å². The fourth-order valence-corrected chi connectivity index (χ4v) is 12.5. The topological polar surface area (TPSA) is 0 Å². The molecule has 9 atom stereocenters. The van der Waals surface area contributed by atoms with Gasteiger partial charge in [-0.25, -0.2) is 0 Å². The smallest absolute Gasteiger partial charge is 0.0270 e. The highest BCUT2D eigenvalue weighted by Crippen LogP contribution is 2.65. The van der Waals surface area contributed by atoms with Crippen LogP contribution in [0, 0.1) is 70.0 Å². The van der Waals surface area contributed by atoms with Crippen molar-refractivity contribution >= 4 is 0 Å². The molecule has 2 aromatic carbocycles. The highest BCUT2D eigenvalue weighted by molar-refractivity contribution is 5.48. The molecule has 54 heavy (non-hydrogen) atoms. The van der Waals surface area contributed by atoms with E-state index in [0.717, 1.165) is 23.7 Å². The van der Waals surface area contributed by atoms with Crippen LogP contribution in [0.2, 0.25) is 0 Å². The Morgan fingerprint density at radius 1 is 0.593 bits per heavy atom. The van der Waals surface area contributed by atoms with Gasteiger partial charge in [-0.1, -0.05) is 188 Å². The van der Waals surface area contributed by atoms with Gasteiger partial charge in [0.05, 0.1) is 0 Å². The number of benzene rings is 2. The van der Waals surface area contributed by atoms with Crippen LogP contribution in [0.4, 0.5) is 0 Å². The first-order chi connectivity index (χ1) is 26.0. The molecular weight excluding hydrogens is 649 g/mol. The predicted molar refractivity (Wildman–Crippen MR) is 231 cm³/mol. The van der Waals surface area contributed by atoms with E-state index in [0.29, 0.717) is 35.5 Å². The summed E-state index contributed by atoms with van der Waals surface area (Å²) in [5, 5.41) is 0. The van der Waals surface area contributed by atoms with E-state index in [9.17, 15) is 0 Å². The molecule has 0 saturated heterocycles. The molecular formula is C54H68. The van der Waals surface area contributed by atoms with Crippen molar-refractivity contribution in [3.8, 4) is 0 Å². The van der Waals surface area contributed by atoms with Crippen molar-refractivity contribution in [2.45, 2.75) is 105 Å². The normalized spacial score (nSPS) is 33.1. The van der Waals surface area contributed by atoms with E-state index in [1.165, 1.54) is 68.9 Å². The van der Waals surface area contributed by atoms with E-state index in [4.69, 9.17) is 0 Å². The Labute approximate surface area is 329 Å². The summed E-state index contributed by atoms with van der Waals surface area (Å²) in [4.78, 5) is 0. The van der Waals surface area contributed by atoms with Crippen molar-refractivity contribution in [3.05, 3.63) is 156 Å². The standard InChI is InChI=1S/C54H68/c1-52(2,3)43-31-33-47-48-34-32-44(53(4,5)6)37-50(48)51(49(47)36-43)54(41-22-13-9-14-23-41,42-24-15-10-16-25-42)45-30-27-38(35-45)19-11-7-8-12-20-39-28-29-40-21-17-18-26-46(39)40/h8-10,12-18,21-26,31-34,36-40,45-51H,7,11,19-20,27-30,35H2,1-6H3/b12-8+. The van der Waals surface area contributed by atoms with Crippen molar-refractivity contribution in [1.82, 2.24) is 0 Å². The second kappa shape index (κ2) is 15.3. The molecule has 8 rings (SSSR count). The lowest BCUT2D eigenvalue weighted by atomic mass is 9.52. The first-order valence-corrected chi connectivity index (χ1v) is 22.0. The summed E-state index contributed by atoms with van der Waals surface area (Å²) in [6, 6.07) is 23.8. The van der Waals surface area contributed by atoms with E-state index in [2.05, 4.69) is 175 Å². The Balaban J connectivity index is 1.11. The summed E-state index contributed by atoms with van der Waals surface area (Å²) in [5.74, 6) is 6.30. The third kappa shape index (κ3) is 7.10. The second-order valence-electron chi connectivity index (χ2n) is 20.3. The molecule has 6 aliphatic rings. The van der Waals surface area contributed by atoms with Gasteiger partial charge in [-0.05, 0) is 137 Å². The molecule has 6 aliphatic carbocycles. The van der Waals surface area contributed by atoms with Gasteiger partial charge in [0, 0.05) is 5.41 Å². The molecule has 9 unspecified atom stereocenters. The maximum Gasteiger partial charge on any atom is 0.0270 e. The summed E-state index contributed by atoms with van der Waals surface area (Å²) >= 11 is 0. The van der Waals surface area contributed by atoms with Crippen molar-refractivity contribution < 1.29 is 0 Å². The molecule has 0 bridgehead atoms. The van der Waals surface area contributed by atoms with Crippen LogP contribution in [0.3, 0.4) is 0 Å². The largest absolute Gasteiger partial charge is 0.0885 e. The zero-order valence-corrected chi connectivity index (χ0v) is 34.3. The lowest BCUT2D eigenvalue weighted by Crippen LogP contribution is -2.47. The fourth-order valence-electron chi connectivity index (χ4n) is 12.5. The van der Waals surface area contributed by atoms with Gasteiger partial charge in [0.15, 0.2) is 0 Å². The zero-order valence-electron chi connectivity index (χ0n) is 34.3. The van der Waals surface area contributed by atoms with E-state index in [1.54, 1.807) is 11.1 Å². The van der Waals surface area contributed by atoms with Crippen molar-refractivity contribution in [2.75, 3.05) is 0 Å². The maximum atomic E-state index is 2.78. The Morgan fingerprint density at radius 3 is 1.78 bits per heavy atom. The second-order valence-corrected chi connectivity index (χ2v) is 20.3. The highest BCUT2D eigenvalue weighted by Gasteiger charge is 2.61. The van der Waals surface area contributed by atoms with Gasteiger partial charge in [-0.2, -0.15) is 0 Å². The van der Waals surface area contributed by atoms with Gasteiger partial charge in [-0.3, -0.25) is 0 Å². The van der Waals surface area contributed by atoms with Gasteiger partial charge >= 0.3 is 0 Å². The Bertz CT molecular complexity index is 1720. The molecule has 2 aromatic rings. The fraction of sp³-hybridized carbons (Fsp3) is 0.519. The summed E-state index contributed by atoms with van der Waals surface area (Å²) < 4.78 is 0. The quantitative estimate of drug-likeness (QED) is 0.170. The molecule has 0 aliphatic heterocycles. The molecule has 0 N–H and O–H groups in total.